The van der Waals surface area contributed by atoms with Crippen LogP contribution in [0.1, 0.15) is 46.0 Å². The van der Waals surface area contributed by atoms with E-state index in [0.717, 1.165) is 19.3 Å². The molecule has 0 radical (unpaired) electrons. The Balaban J connectivity index is 2.13. The van der Waals surface area contributed by atoms with Crippen molar-refractivity contribution >= 4 is 15.8 Å². The van der Waals surface area contributed by atoms with E-state index < -0.39 is 15.8 Å². The fourth-order valence-corrected chi connectivity index (χ4v) is 5.25. The van der Waals surface area contributed by atoms with E-state index in [1.165, 1.54) is 6.42 Å². The summed E-state index contributed by atoms with van der Waals surface area (Å²) >= 11 is 0. The van der Waals surface area contributed by atoms with Gasteiger partial charge in [-0.15, -0.1) is 0 Å². The molecule has 1 saturated carbocycles. The summed E-state index contributed by atoms with van der Waals surface area (Å²) in [6.07, 6.45) is 4.35. The van der Waals surface area contributed by atoms with Gasteiger partial charge in [-0.1, -0.05) is 20.3 Å². The van der Waals surface area contributed by atoms with Crippen molar-refractivity contribution < 1.29 is 18.3 Å². The first-order valence-electron chi connectivity index (χ1n) is 7.36. The van der Waals surface area contributed by atoms with Crippen LogP contribution in [0.3, 0.4) is 0 Å². The van der Waals surface area contributed by atoms with Gasteiger partial charge >= 0.3 is 5.97 Å². The van der Waals surface area contributed by atoms with Crippen LogP contribution in [0.25, 0.3) is 0 Å². The quantitative estimate of drug-likeness (QED) is 0.856. The first-order chi connectivity index (χ1) is 9.19. The molecular weight excluding hydrogens is 278 g/mol. The van der Waals surface area contributed by atoms with E-state index >= 15 is 0 Å². The van der Waals surface area contributed by atoms with Crippen molar-refractivity contribution in [3.63, 3.8) is 0 Å². The molecule has 1 aliphatic carbocycles. The van der Waals surface area contributed by atoms with Crippen molar-refractivity contribution in [2.75, 3.05) is 18.1 Å². The molecule has 116 valence electrons. The minimum atomic E-state index is -3.08. The van der Waals surface area contributed by atoms with Crippen LogP contribution in [0.2, 0.25) is 0 Å². The highest BCUT2D eigenvalue weighted by molar-refractivity contribution is 7.91. The third-order valence-corrected chi connectivity index (χ3v) is 6.33. The molecule has 2 rings (SSSR count). The van der Waals surface area contributed by atoms with Gasteiger partial charge in [-0.25, -0.2) is 8.42 Å². The lowest BCUT2D eigenvalue weighted by Gasteiger charge is -2.46. The van der Waals surface area contributed by atoms with Crippen LogP contribution in [0.4, 0.5) is 0 Å². The van der Waals surface area contributed by atoms with Gasteiger partial charge in [-0.2, -0.15) is 0 Å². The Morgan fingerprint density at radius 3 is 2.70 bits per heavy atom. The summed E-state index contributed by atoms with van der Waals surface area (Å²) in [4.78, 5) is 13.2. The zero-order valence-corrected chi connectivity index (χ0v) is 13.2. The van der Waals surface area contributed by atoms with E-state index in [1.54, 1.807) is 0 Å². The fourth-order valence-electron chi connectivity index (χ4n) is 3.70. The summed E-state index contributed by atoms with van der Waals surface area (Å²) in [5, 5.41) is 9.03. The van der Waals surface area contributed by atoms with E-state index in [1.807, 2.05) is 0 Å². The maximum atomic E-state index is 11.8. The molecule has 1 saturated heterocycles. The van der Waals surface area contributed by atoms with Crippen molar-refractivity contribution in [2.24, 2.45) is 5.41 Å². The summed E-state index contributed by atoms with van der Waals surface area (Å²) in [6, 6.07) is -0.0243. The largest absolute Gasteiger partial charge is 0.481 e. The Bertz CT molecular complexity index is 472. The molecule has 0 bridgehead atoms. The minimum Gasteiger partial charge on any atom is -0.481 e. The zero-order valence-electron chi connectivity index (χ0n) is 12.3. The molecule has 2 aliphatic rings. The molecular formula is C14H25NO4S. The fraction of sp³-hybridized carbons (Fsp3) is 0.929. The maximum absolute atomic E-state index is 11.8. The van der Waals surface area contributed by atoms with Crippen molar-refractivity contribution in [2.45, 2.75) is 58.0 Å². The number of carboxylic acid groups (broad SMARTS) is 1. The van der Waals surface area contributed by atoms with Crippen LogP contribution in [0, 0.1) is 5.41 Å². The first kappa shape index (κ1) is 15.8. The number of hydrogen-bond acceptors (Lipinski definition) is 4. The highest BCUT2D eigenvalue weighted by atomic mass is 32.2. The Morgan fingerprint density at radius 1 is 1.40 bits per heavy atom. The summed E-state index contributed by atoms with van der Waals surface area (Å²) in [5.41, 5.74) is 0.271. The summed E-state index contributed by atoms with van der Waals surface area (Å²) in [5.74, 6) is -0.747. The van der Waals surface area contributed by atoms with Gasteiger partial charge in [0.25, 0.3) is 0 Å². The Labute approximate surface area is 121 Å². The highest BCUT2D eigenvalue weighted by Crippen LogP contribution is 2.38. The number of nitrogens with zero attached hydrogens (tertiary/aromatic N) is 1. The standard InChI is InChI=1S/C14H25NO4S/c1-14(2)5-3-4-11(9-14)15-6-7-20(18,19)10-12(15)8-13(16)17/h11-12H,3-10H2,1-2H3,(H,16,17). The molecule has 1 N–H and O–H groups in total. The Kier molecular flexibility index (Phi) is 4.44. The lowest BCUT2D eigenvalue weighted by Crippen LogP contribution is -2.55. The van der Waals surface area contributed by atoms with Gasteiger partial charge in [0.2, 0.25) is 0 Å². The third-order valence-electron chi connectivity index (χ3n) is 4.63. The number of rotatable bonds is 3. The number of carboxylic acids is 1. The van der Waals surface area contributed by atoms with Crippen molar-refractivity contribution in [1.82, 2.24) is 4.90 Å². The molecule has 1 aliphatic heterocycles. The second kappa shape index (κ2) is 5.64. The zero-order chi connectivity index (χ0) is 15.0. The smallest absolute Gasteiger partial charge is 0.304 e. The molecule has 0 aromatic heterocycles. The van der Waals surface area contributed by atoms with E-state index in [0.29, 0.717) is 12.6 Å². The predicted molar refractivity (Wildman–Crippen MR) is 77.4 cm³/mol. The van der Waals surface area contributed by atoms with Gasteiger partial charge in [0, 0.05) is 18.6 Å². The number of sulfone groups is 1. The predicted octanol–water partition coefficient (Wildman–Crippen LogP) is 1.53. The van der Waals surface area contributed by atoms with Gasteiger partial charge in [0.1, 0.15) is 0 Å². The van der Waals surface area contributed by atoms with Gasteiger partial charge in [-0.3, -0.25) is 9.69 Å². The molecule has 1 heterocycles. The maximum Gasteiger partial charge on any atom is 0.304 e. The van der Waals surface area contributed by atoms with Crippen molar-refractivity contribution in [3.8, 4) is 0 Å². The molecule has 20 heavy (non-hydrogen) atoms. The molecule has 0 aromatic carbocycles. The second-order valence-corrected chi connectivity index (χ2v) is 9.25. The number of hydrogen-bond donors (Lipinski definition) is 1. The SMILES string of the molecule is CC1(C)CCCC(N2CCS(=O)(=O)CC2CC(=O)O)C1. The van der Waals surface area contributed by atoms with Crippen LogP contribution < -0.4 is 0 Å². The molecule has 0 amide bonds. The average molecular weight is 303 g/mol. The van der Waals surface area contributed by atoms with E-state index in [9.17, 15) is 13.2 Å². The minimum absolute atomic E-state index is 0.00374. The van der Waals surface area contributed by atoms with Crippen molar-refractivity contribution in [1.29, 1.82) is 0 Å². The first-order valence-corrected chi connectivity index (χ1v) is 9.19. The molecule has 2 unspecified atom stereocenters. The Hall–Kier alpha value is -0.620. The topological polar surface area (TPSA) is 74.7 Å². The van der Waals surface area contributed by atoms with E-state index in [-0.39, 0.29) is 29.4 Å². The molecule has 6 heteroatoms. The molecule has 2 fully saturated rings. The molecule has 2 atom stereocenters. The average Bonchev–Trinajstić information content (AvgIpc) is 2.25. The third kappa shape index (κ3) is 3.95. The normalized spacial score (nSPS) is 33.7. The van der Waals surface area contributed by atoms with Gasteiger partial charge in [0.05, 0.1) is 17.9 Å². The van der Waals surface area contributed by atoms with Gasteiger partial charge < -0.3 is 5.11 Å². The second-order valence-electron chi connectivity index (χ2n) is 7.02. The Morgan fingerprint density at radius 2 is 2.10 bits per heavy atom. The highest BCUT2D eigenvalue weighted by Gasteiger charge is 2.39. The van der Waals surface area contributed by atoms with Crippen LogP contribution in [-0.2, 0) is 14.6 Å². The molecule has 0 aromatic rings. The van der Waals surface area contributed by atoms with E-state index in [2.05, 4.69) is 18.7 Å². The monoisotopic (exact) mass is 303 g/mol. The summed E-state index contributed by atoms with van der Waals surface area (Å²) in [6.45, 7) is 4.97. The summed E-state index contributed by atoms with van der Waals surface area (Å²) < 4.78 is 23.6. The lowest BCUT2D eigenvalue weighted by molar-refractivity contribution is -0.138. The van der Waals surface area contributed by atoms with Crippen LogP contribution in [0.15, 0.2) is 0 Å². The van der Waals surface area contributed by atoms with Gasteiger partial charge in [0.15, 0.2) is 9.84 Å². The van der Waals surface area contributed by atoms with Crippen LogP contribution >= 0.6 is 0 Å². The lowest BCUT2D eigenvalue weighted by atomic mass is 9.74. The van der Waals surface area contributed by atoms with Crippen LogP contribution in [-0.4, -0.2) is 54.5 Å². The molecule has 5 nitrogen and oxygen atoms in total. The number of aliphatic carboxylic acids is 1. The van der Waals surface area contributed by atoms with Crippen molar-refractivity contribution in [3.05, 3.63) is 0 Å². The number of carbonyl (C=O) groups is 1. The van der Waals surface area contributed by atoms with Gasteiger partial charge in [-0.05, 0) is 24.7 Å². The summed E-state index contributed by atoms with van der Waals surface area (Å²) in [7, 11) is -3.08. The van der Waals surface area contributed by atoms with E-state index in [4.69, 9.17) is 5.11 Å². The van der Waals surface area contributed by atoms with Crippen LogP contribution in [0.5, 0.6) is 0 Å². The molecule has 0 spiro atoms.